The second kappa shape index (κ2) is 10.8. The molecule has 1 saturated carbocycles. The van der Waals surface area contributed by atoms with Crippen LogP contribution in [-0.2, 0) is 14.5 Å². The van der Waals surface area contributed by atoms with E-state index in [9.17, 15) is 9.00 Å². The summed E-state index contributed by atoms with van der Waals surface area (Å²) in [7, 11) is -2.42. The number of benzene rings is 1. The maximum absolute atomic E-state index is 15.8. The average Bonchev–Trinajstić information content (AvgIpc) is 3.52. The van der Waals surface area contributed by atoms with Gasteiger partial charge in [0, 0.05) is 58.0 Å². The predicted octanol–water partition coefficient (Wildman–Crippen LogP) is 7.19. The molecule has 3 aromatic heterocycles. The zero-order valence-corrected chi connectivity index (χ0v) is 27.0. The van der Waals surface area contributed by atoms with Gasteiger partial charge in [-0.2, -0.15) is 9.35 Å². The molecule has 4 aromatic rings. The molecule has 12 heteroatoms. The second-order valence-corrected chi connectivity index (χ2v) is 16.2. The fourth-order valence-corrected chi connectivity index (χ4v) is 7.31. The number of carbonyl (C=O) groups is 1. The fraction of sp³-hybridized carbons (Fsp3) is 0.455. The summed E-state index contributed by atoms with van der Waals surface area (Å²) in [5, 5.41) is 3.60. The first kappa shape index (κ1) is 29.6. The highest BCUT2D eigenvalue weighted by molar-refractivity contribution is 7.92. The van der Waals surface area contributed by atoms with Crippen LogP contribution in [0.3, 0.4) is 0 Å². The monoisotopic (exact) mass is 631 g/mol. The normalized spacial score (nSPS) is 21.4. The molecule has 3 atom stereocenters. The lowest BCUT2D eigenvalue weighted by atomic mass is 9.84. The SMILES string of the molecule is CC(C)(C)OC(=O)N1C2CCC1C(c1ccc(Nc3ncc4c(F)c(C5CC5)n(-c5cccc(N=S(C)(C)=O)n5)c4n3)cc1)C2. The third-order valence-corrected chi connectivity index (χ3v) is 9.27. The van der Waals surface area contributed by atoms with E-state index in [1.54, 1.807) is 35.3 Å². The van der Waals surface area contributed by atoms with Gasteiger partial charge in [0.25, 0.3) is 0 Å². The number of rotatable bonds is 6. The lowest BCUT2D eigenvalue weighted by Gasteiger charge is -2.28. The maximum Gasteiger partial charge on any atom is 0.410 e. The molecule has 45 heavy (non-hydrogen) atoms. The number of fused-ring (bicyclic) bond motifs is 3. The van der Waals surface area contributed by atoms with Gasteiger partial charge in [0.15, 0.2) is 17.3 Å². The van der Waals surface area contributed by atoms with Crippen molar-refractivity contribution in [3.63, 3.8) is 0 Å². The minimum absolute atomic E-state index is 0.0734. The Kier molecular flexibility index (Phi) is 7.10. The number of amides is 1. The summed E-state index contributed by atoms with van der Waals surface area (Å²) < 4.78 is 39.8. The molecule has 2 bridgehead atoms. The number of halogens is 1. The Labute approximate surface area is 262 Å². The smallest absolute Gasteiger partial charge is 0.410 e. The number of anilines is 2. The predicted molar refractivity (Wildman–Crippen MR) is 173 cm³/mol. The number of carbonyl (C=O) groups excluding carboxylic acids is 1. The van der Waals surface area contributed by atoms with E-state index < -0.39 is 15.3 Å². The molecule has 2 aliphatic heterocycles. The molecule has 1 N–H and O–H groups in total. The minimum Gasteiger partial charge on any atom is -0.444 e. The van der Waals surface area contributed by atoms with Crippen molar-refractivity contribution in [3.8, 4) is 5.82 Å². The van der Waals surface area contributed by atoms with Crippen molar-refractivity contribution in [2.24, 2.45) is 4.36 Å². The summed E-state index contributed by atoms with van der Waals surface area (Å²) in [4.78, 5) is 28.7. The van der Waals surface area contributed by atoms with Crippen molar-refractivity contribution in [1.29, 1.82) is 0 Å². The van der Waals surface area contributed by atoms with E-state index in [0.29, 0.717) is 34.3 Å². The molecule has 10 nitrogen and oxygen atoms in total. The third-order valence-electron chi connectivity index (χ3n) is 8.65. The van der Waals surface area contributed by atoms with Gasteiger partial charge in [0.1, 0.15) is 11.4 Å². The van der Waals surface area contributed by atoms with E-state index >= 15 is 4.39 Å². The molecule has 1 aliphatic carbocycles. The topological polar surface area (TPSA) is 115 Å². The van der Waals surface area contributed by atoms with E-state index in [-0.39, 0.29) is 35.8 Å². The van der Waals surface area contributed by atoms with Crippen molar-refractivity contribution in [3.05, 3.63) is 65.7 Å². The van der Waals surface area contributed by atoms with Gasteiger partial charge in [-0.25, -0.2) is 23.4 Å². The summed E-state index contributed by atoms with van der Waals surface area (Å²) in [6.07, 6.45) is 9.08. The van der Waals surface area contributed by atoms with Gasteiger partial charge in [0.05, 0.1) is 11.1 Å². The van der Waals surface area contributed by atoms with Crippen LogP contribution in [-0.4, -0.2) is 64.9 Å². The Morgan fingerprint density at radius 2 is 1.82 bits per heavy atom. The largest absolute Gasteiger partial charge is 0.444 e. The molecule has 3 fully saturated rings. The first-order chi connectivity index (χ1) is 21.3. The van der Waals surface area contributed by atoms with Crippen LogP contribution in [0, 0.1) is 5.82 Å². The highest BCUT2D eigenvalue weighted by atomic mass is 32.2. The Bertz CT molecular complexity index is 1910. The van der Waals surface area contributed by atoms with Gasteiger partial charge in [-0.05, 0) is 82.7 Å². The van der Waals surface area contributed by atoms with Crippen LogP contribution in [0.15, 0.2) is 53.0 Å². The van der Waals surface area contributed by atoms with Crippen molar-refractivity contribution >= 4 is 44.3 Å². The van der Waals surface area contributed by atoms with Crippen molar-refractivity contribution in [1.82, 2.24) is 24.4 Å². The molecular weight excluding hydrogens is 593 g/mol. The van der Waals surface area contributed by atoms with Gasteiger partial charge >= 0.3 is 6.09 Å². The highest BCUT2D eigenvalue weighted by Gasteiger charge is 2.50. The van der Waals surface area contributed by atoms with Crippen molar-refractivity contribution in [2.45, 2.75) is 82.4 Å². The molecule has 2 saturated heterocycles. The summed E-state index contributed by atoms with van der Waals surface area (Å²) in [5.74, 6) is 1.12. The number of pyridine rings is 1. The fourth-order valence-electron chi connectivity index (χ4n) is 6.76. The number of aromatic nitrogens is 4. The van der Waals surface area contributed by atoms with Gasteiger partial charge in [0.2, 0.25) is 5.95 Å². The molecule has 1 aromatic carbocycles. The van der Waals surface area contributed by atoms with Crippen LogP contribution in [0.4, 0.5) is 26.6 Å². The highest BCUT2D eigenvalue weighted by Crippen LogP contribution is 2.48. The van der Waals surface area contributed by atoms with Crippen LogP contribution in [0.25, 0.3) is 16.9 Å². The molecule has 0 radical (unpaired) electrons. The summed E-state index contributed by atoms with van der Waals surface area (Å²) in [6, 6.07) is 13.7. The molecule has 236 valence electrons. The van der Waals surface area contributed by atoms with Crippen LogP contribution in [0.1, 0.15) is 76.0 Å². The van der Waals surface area contributed by atoms with Crippen LogP contribution in [0.2, 0.25) is 0 Å². The molecule has 3 unspecified atom stereocenters. The Hall–Kier alpha value is -4.06. The summed E-state index contributed by atoms with van der Waals surface area (Å²) in [6.45, 7) is 5.70. The number of nitrogens with one attached hydrogen (secondary N) is 1. The number of hydrogen-bond acceptors (Lipinski definition) is 8. The van der Waals surface area contributed by atoms with Gasteiger partial charge in [-0.3, -0.25) is 4.57 Å². The van der Waals surface area contributed by atoms with Gasteiger partial charge in [-0.1, -0.05) is 18.2 Å². The number of ether oxygens (including phenoxy) is 1. The molecule has 1 amide bonds. The van der Waals surface area contributed by atoms with E-state index in [4.69, 9.17) is 9.72 Å². The van der Waals surface area contributed by atoms with E-state index in [2.05, 4.69) is 31.8 Å². The standard InChI is InChI=1S/C33H38FN7O3S/c1-33(2,3)44-32(42)40-22-15-16-25(40)23(17-22)19-11-13-21(14-12-19)36-31-35-18-24-28(34)29(20-9-10-20)41(30(24)38-31)27-8-6-7-26(37-27)39-45(4,5)43/h6-8,11-14,18,20,22-23,25H,9-10,15-17H2,1-5H3,(H,35,36,38). The number of nitrogens with zero attached hydrogens (tertiary/aromatic N) is 6. The summed E-state index contributed by atoms with van der Waals surface area (Å²) in [5.41, 5.74) is 2.40. The Balaban J connectivity index is 1.16. The average molecular weight is 632 g/mol. The second-order valence-electron chi connectivity index (χ2n) is 13.6. The zero-order chi connectivity index (χ0) is 31.7. The maximum atomic E-state index is 15.8. The minimum atomic E-state index is -2.42. The zero-order valence-electron chi connectivity index (χ0n) is 26.2. The van der Waals surface area contributed by atoms with Crippen LogP contribution < -0.4 is 5.32 Å². The summed E-state index contributed by atoms with van der Waals surface area (Å²) >= 11 is 0. The lowest BCUT2D eigenvalue weighted by molar-refractivity contribution is 0.0213. The lowest BCUT2D eigenvalue weighted by Crippen LogP contribution is -2.40. The Morgan fingerprint density at radius 1 is 1.07 bits per heavy atom. The molecule has 7 rings (SSSR count). The van der Waals surface area contributed by atoms with E-state index in [1.807, 2.05) is 37.8 Å². The number of hydrogen-bond donors (Lipinski definition) is 1. The molecule has 5 heterocycles. The molecule has 3 aliphatic rings. The third kappa shape index (κ3) is 5.87. The Morgan fingerprint density at radius 3 is 2.51 bits per heavy atom. The first-order valence-corrected chi connectivity index (χ1v) is 17.8. The van der Waals surface area contributed by atoms with Gasteiger partial charge in [-0.15, -0.1) is 0 Å². The quantitative estimate of drug-likeness (QED) is 0.240. The van der Waals surface area contributed by atoms with Crippen LogP contribution in [0.5, 0.6) is 0 Å². The first-order valence-electron chi connectivity index (χ1n) is 15.4. The van der Waals surface area contributed by atoms with Gasteiger partial charge < -0.3 is 15.0 Å². The van der Waals surface area contributed by atoms with Crippen molar-refractivity contribution in [2.75, 3.05) is 17.8 Å². The molecule has 0 spiro atoms. The molecular formula is C33H38FN7O3S. The van der Waals surface area contributed by atoms with Crippen LogP contribution >= 0.6 is 0 Å². The van der Waals surface area contributed by atoms with E-state index in [1.165, 1.54) is 11.8 Å². The van der Waals surface area contributed by atoms with Crippen molar-refractivity contribution < 1.29 is 18.1 Å². The van der Waals surface area contributed by atoms with E-state index in [0.717, 1.165) is 37.8 Å².